The first-order chi connectivity index (χ1) is 20.7. The number of likely N-dealkylation sites (tertiary alicyclic amines) is 1. The van der Waals surface area contributed by atoms with E-state index >= 15 is 0 Å². The second kappa shape index (κ2) is 13.1. The molecule has 2 aliphatic rings. The number of aromatic nitrogens is 2. The molecule has 42 heavy (non-hydrogen) atoms. The third kappa shape index (κ3) is 6.08. The summed E-state index contributed by atoms with van der Waals surface area (Å²) in [4.78, 5) is 25.6. The highest BCUT2D eigenvalue weighted by molar-refractivity contribution is 5.94. The lowest BCUT2D eigenvalue weighted by atomic mass is 9.76. The van der Waals surface area contributed by atoms with E-state index < -0.39 is 0 Å². The molecule has 0 bridgehead atoms. The van der Waals surface area contributed by atoms with E-state index in [2.05, 4.69) is 73.9 Å². The zero-order valence-corrected chi connectivity index (χ0v) is 24.8. The Kier molecular flexibility index (Phi) is 8.87. The fourth-order valence-corrected chi connectivity index (χ4v) is 6.78. The molecule has 2 fully saturated rings. The summed E-state index contributed by atoms with van der Waals surface area (Å²) < 4.78 is 8.05. The van der Waals surface area contributed by atoms with Crippen molar-refractivity contribution in [3.05, 3.63) is 96.1 Å². The second-order valence-corrected chi connectivity index (χ2v) is 11.7. The summed E-state index contributed by atoms with van der Waals surface area (Å²) in [5.74, 6) is 1.20. The van der Waals surface area contributed by atoms with Crippen molar-refractivity contribution in [1.82, 2.24) is 19.4 Å². The number of rotatable bonds is 10. The molecule has 0 saturated carbocycles. The first kappa shape index (κ1) is 28.4. The van der Waals surface area contributed by atoms with Gasteiger partial charge in [0, 0.05) is 56.9 Å². The van der Waals surface area contributed by atoms with E-state index in [4.69, 9.17) is 9.72 Å². The van der Waals surface area contributed by atoms with Gasteiger partial charge in [0.15, 0.2) is 0 Å². The van der Waals surface area contributed by atoms with Crippen molar-refractivity contribution in [2.45, 2.75) is 38.1 Å². The minimum absolute atomic E-state index is 0.0229. The lowest BCUT2D eigenvalue weighted by molar-refractivity contribution is 0.0781. The highest BCUT2D eigenvalue weighted by atomic mass is 16.5. The number of imidazole rings is 1. The molecule has 0 radical (unpaired) electrons. The summed E-state index contributed by atoms with van der Waals surface area (Å²) in [5.41, 5.74) is 4.33. The summed E-state index contributed by atoms with van der Waals surface area (Å²) >= 11 is 0. The molecule has 7 nitrogen and oxygen atoms in total. The molecule has 6 rings (SSSR count). The minimum atomic E-state index is -0.0229. The third-order valence-electron chi connectivity index (χ3n) is 9.12. The highest BCUT2D eigenvalue weighted by Crippen LogP contribution is 2.38. The topological polar surface area (TPSA) is 53.8 Å². The number of carbonyl (C=O) groups is 1. The summed E-state index contributed by atoms with van der Waals surface area (Å²) in [6.45, 7) is 10.9. The van der Waals surface area contributed by atoms with Crippen LogP contribution in [0.15, 0.2) is 84.9 Å². The summed E-state index contributed by atoms with van der Waals surface area (Å²) in [6, 6.07) is 29.0. The minimum Gasteiger partial charge on any atom is -0.380 e. The van der Waals surface area contributed by atoms with Crippen molar-refractivity contribution in [2.75, 3.05) is 63.9 Å². The fourth-order valence-electron chi connectivity index (χ4n) is 6.78. The second-order valence-electron chi connectivity index (χ2n) is 11.7. The average Bonchev–Trinajstić information content (AvgIpc) is 3.56. The van der Waals surface area contributed by atoms with Gasteiger partial charge in [-0.05, 0) is 69.1 Å². The van der Waals surface area contributed by atoms with E-state index in [0.29, 0.717) is 6.61 Å². The van der Waals surface area contributed by atoms with Gasteiger partial charge in [0.05, 0.1) is 17.6 Å². The van der Waals surface area contributed by atoms with Crippen LogP contribution in [0.4, 0.5) is 5.95 Å². The van der Waals surface area contributed by atoms with Gasteiger partial charge < -0.3 is 24.0 Å². The van der Waals surface area contributed by atoms with Gasteiger partial charge in [0.2, 0.25) is 5.95 Å². The zero-order valence-electron chi connectivity index (χ0n) is 24.8. The standard InChI is InChI=1S/C35H43N5O2/c1-2-42-27-26-40-32-17-10-9-16-31(32)36-34(40)38-21-11-20-37(24-25-38)22-18-35(30-14-7-4-8-15-30)19-23-39(28-35)33(41)29-12-5-3-6-13-29/h3-10,12-17H,2,11,18-28H2,1H3. The fraction of sp³-hybridized carbons (Fsp3) is 0.429. The normalized spacial score (nSPS) is 19.8. The average molecular weight is 566 g/mol. The quantitative estimate of drug-likeness (QED) is 0.239. The number of nitrogens with zero attached hydrogens (tertiary/aromatic N) is 5. The Balaban J connectivity index is 1.14. The van der Waals surface area contributed by atoms with E-state index in [1.54, 1.807) is 0 Å². The van der Waals surface area contributed by atoms with Crippen LogP contribution in [0.3, 0.4) is 0 Å². The monoisotopic (exact) mass is 565 g/mol. The summed E-state index contributed by atoms with van der Waals surface area (Å²) in [7, 11) is 0. The Labute approximate surface area is 249 Å². The number of amides is 1. The van der Waals surface area contributed by atoms with Crippen LogP contribution in [0.2, 0.25) is 0 Å². The lowest BCUT2D eigenvalue weighted by Crippen LogP contribution is -2.39. The first-order valence-electron chi connectivity index (χ1n) is 15.6. The van der Waals surface area contributed by atoms with Crippen molar-refractivity contribution >= 4 is 22.9 Å². The number of ether oxygens (including phenoxy) is 1. The number of anilines is 1. The van der Waals surface area contributed by atoms with Gasteiger partial charge in [0.25, 0.3) is 5.91 Å². The molecule has 1 aromatic heterocycles. The van der Waals surface area contributed by atoms with Crippen LogP contribution in [0.1, 0.15) is 42.1 Å². The van der Waals surface area contributed by atoms with Gasteiger partial charge in [-0.1, -0.05) is 60.7 Å². The van der Waals surface area contributed by atoms with Crippen molar-refractivity contribution in [3.8, 4) is 0 Å². The Hall–Kier alpha value is -3.68. The maximum Gasteiger partial charge on any atom is 0.253 e. The van der Waals surface area contributed by atoms with Crippen molar-refractivity contribution in [2.24, 2.45) is 0 Å². The Morgan fingerprint density at radius 3 is 2.43 bits per heavy atom. The van der Waals surface area contributed by atoms with Crippen molar-refractivity contribution in [1.29, 1.82) is 0 Å². The molecular formula is C35H43N5O2. The van der Waals surface area contributed by atoms with E-state index in [1.165, 1.54) is 11.1 Å². The number of hydrogen-bond acceptors (Lipinski definition) is 5. The van der Waals surface area contributed by atoms with Crippen LogP contribution in [0, 0.1) is 0 Å². The van der Waals surface area contributed by atoms with Gasteiger partial charge in [0.1, 0.15) is 0 Å². The van der Waals surface area contributed by atoms with Crippen LogP contribution >= 0.6 is 0 Å². The van der Waals surface area contributed by atoms with Gasteiger partial charge >= 0.3 is 0 Å². The molecule has 4 aromatic rings. The molecule has 0 spiro atoms. The molecule has 3 aromatic carbocycles. The predicted molar refractivity (Wildman–Crippen MR) is 169 cm³/mol. The first-order valence-corrected chi connectivity index (χ1v) is 15.6. The van der Waals surface area contributed by atoms with Crippen LogP contribution in [-0.4, -0.2) is 84.3 Å². The maximum atomic E-state index is 13.4. The SMILES string of the molecule is CCOCCn1c(N2CCCN(CCC3(c4ccccc4)CCN(C(=O)c4ccccc4)C3)CC2)nc2ccccc21. The molecule has 0 N–H and O–H groups in total. The molecule has 220 valence electrons. The molecule has 2 aliphatic heterocycles. The Bertz CT molecular complexity index is 1460. The number of benzene rings is 3. The molecule has 3 heterocycles. The smallest absolute Gasteiger partial charge is 0.253 e. The van der Waals surface area contributed by atoms with Crippen LogP contribution in [0.25, 0.3) is 11.0 Å². The predicted octanol–water partition coefficient (Wildman–Crippen LogP) is 5.46. The van der Waals surface area contributed by atoms with E-state index in [-0.39, 0.29) is 11.3 Å². The third-order valence-corrected chi connectivity index (χ3v) is 9.12. The van der Waals surface area contributed by atoms with Gasteiger partial charge in [-0.3, -0.25) is 4.79 Å². The van der Waals surface area contributed by atoms with Crippen LogP contribution < -0.4 is 4.90 Å². The summed E-state index contributed by atoms with van der Waals surface area (Å²) in [6.07, 6.45) is 3.15. The number of hydrogen-bond donors (Lipinski definition) is 0. The summed E-state index contributed by atoms with van der Waals surface area (Å²) in [5, 5.41) is 0. The molecule has 1 atom stereocenters. The van der Waals surface area contributed by atoms with Gasteiger partial charge in [-0.15, -0.1) is 0 Å². The van der Waals surface area contributed by atoms with Crippen molar-refractivity contribution < 1.29 is 9.53 Å². The largest absolute Gasteiger partial charge is 0.380 e. The molecule has 1 unspecified atom stereocenters. The van der Waals surface area contributed by atoms with Gasteiger partial charge in [-0.25, -0.2) is 4.98 Å². The Morgan fingerprint density at radius 1 is 0.857 bits per heavy atom. The number of fused-ring (bicyclic) bond motifs is 1. The zero-order chi connectivity index (χ0) is 28.8. The van der Waals surface area contributed by atoms with Crippen LogP contribution in [0.5, 0.6) is 0 Å². The van der Waals surface area contributed by atoms with E-state index in [1.807, 2.05) is 37.3 Å². The molecule has 1 amide bonds. The Morgan fingerprint density at radius 2 is 1.62 bits per heavy atom. The molecule has 0 aliphatic carbocycles. The lowest BCUT2D eigenvalue weighted by Gasteiger charge is -2.33. The van der Waals surface area contributed by atoms with E-state index in [9.17, 15) is 4.79 Å². The maximum absolute atomic E-state index is 13.4. The van der Waals surface area contributed by atoms with Gasteiger partial charge in [-0.2, -0.15) is 0 Å². The highest BCUT2D eigenvalue weighted by Gasteiger charge is 2.41. The van der Waals surface area contributed by atoms with Crippen molar-refractivity contribution in [3.63, 3.8) is 0 Å². The molecule has 2 saturated heterocycles. The van der Waals surface area contributed by atoms with Crippen LogP contribution in [-0.2, 0) is 16.7 Å². The molecular weight excluding hydrogens is 522 g/mol. The molecule has 7 heteroatoms. The number of para-hydroxylation sites is 2. The van der Waals surface area contributed by atoms with E-state index in [0.717, 1.165) is 95.3 Å². The number of carbonyl (C=O) groups excluding carboxylic acids is 1.